The quantitative estimate of drug-likeness (QED) is 0.632. The normalized spacial score (nSPS) is 26.4. The molecule has 0 bridgehead atoms. The monoisotopic (exact) mass is 388 g/mol. The van der Waals surface area contributed by atoms with Crippen LogP contribution >= 0.6 is 23.8 Å². The molecule has 1 saturated heterocycles. The molecule has 2 heterocycles. The third-order valence-corrected chi connectivity index (χ3v) is 5.59. The van der Waals surface area contributed by atoms with Crippen LogP contribution in [0.3, 0.4) is 0 Å². The Morgan fingerprint density at radius 3 is 2.62 bits per heavy atom. The number of hydrogen-bond acceptors (Lipinski definition) is 3. The van der Waals surface area contributed by atoms with Crippen molar-refractivity contribution >= 4 is 28.9 Å². The van der Waals surface area contributed by atoms with Crippen LogP contribution in [-0.4, -0.2) is 15.8 Å². The largest absolute Gasteiger partial charge is 0.506 e. The van der Waals surface area contributed by atoms with E-state index < -0.39 is 5.54 Å². The Morgan fingerprint density at radius 1 is 1.19 bits per heavy atom. The second-order valence-electron chi connectivity index (χ2n) is 7.74. The molecule has 0 aliphatic carbocycles. The molecule has 2 atom stereocenters. The van der Waals surface area contributed by atoms with Crippen LogP contribution in [0.15, 0.2) is 42.5 Å². The summed E-state index contributed by atoms with van der Waals surface area (Å²) < 4.78 is 6.26. The summed E-state index contributed by atoms with van der Waals surface area (Å²) in [7, 11) is 0. The first-order valence-electron chi connectivity index (χ1n) is 8.63. The van der Waals surface area contributed by atoms with Crippen molar-refractivity contribution in [2.24, 2.45) is 0 Å². The lowest BCUT2D eigenvalue weighted by atomic mass is 9.72. The van der Waals surface area contributed by atoms with Gasteiger partial charge in [0.05, 0.1) is 10.6 Å². The number of rotatable bonds is 1. The van der Waals surface area contributed by atoms with Gasteiger partial charge < -0.3 is 20.5 Å². The summed E-state index contributed by atoms with van der Waals surface area (Å²) in [5.74, 6) is 0.657. The molecule has 0 aromatic heterocycles. The number of hydrogen-bond donors (Lipinski definition) is 3. The standard InChI is InChI=1S/C20H21ClN2O2S/c1-19(2)11-20(23-18(26)22-19)10-17(12-6-4-3-5-7-12)25-16-9-15(24)14(21)8-13(16)20/h3-9,17,24H,10-11H2,1-2H3,(H2,22,23,26)/t17-,20+/m1/s1. The zero-order chi connectivity index (χ0) is 18.5. The van der Waals surface area contributed by atoms with Crippen molar-refractivity contribution in [1.29, 1.82) is 0 Å². The fraction of sp³-hybridized carbons (Fsp3) is 0.350. The second-order valence-corrected chi connectivity index (χ2v) is 8.56. The van der Waals surface area contributed by atoms with E-state index in [-0.39, 0.29) is 17.4 Å². The van der Waals surface area contributed by atoms with Crippen LogP contribution in [0.25, 0.3) is 0 Å². The van der Waals surface area contributed by atoms with E-state index in [1.54, 1.807) is 12.1 Å². The van der Waals surface area contributed by atoms with E-state index in [2.05, 4.69) is 36.6 Å². The average molecular weight is 389 g/mol. The SMILES string of the molecule is CC1(C)C[C@]2(C[C@H](c3ccccc3)Oc3cc(O)c(Cl)cc32)NC(=S)N1. The van der Waals surface area contributed by atoms with Crippen molar-refractivity contribution in [1.82, 2.24) is 10.6 Å². The zero-order valence-electron chi connectivity index (χ0n) is 14.7. The maximum atomic E-state index is 10.1. The van der Waals surface area contributed by atoms with Gasteiger partial charge in [0.25, 0.3) is 0 Å². The predicted octanol–water partition coefficient (Wildman–Crippen LogP) is 4.41. The van der Waals surface area contributed by atoms with Crippen molar-refractivity contribution < 1.29 is 9.84 Å². The fourth-order valence-electron chi connectivity index (χ4n) is 4.17. The number of thiocarbonyl (C=S) groups is 1. The van der Waals surface area contributed by atoms with Crippen molar-refractivity contribution in [3.05, 3.63) is 58.6 Å². The van der Waals surface area contributed by atoms with Gasteiger partial charge in [-0.1, -0.05) is 41.9 Å². The molecule has 6 heteroatoms. The van der Waals surface area contributed by atoms with E-state index in [0.717, 1.165) is 24.0 Å². The first-order valence-corrected chi connectivity index (χ1v) is 9.42. The highest BCUT2D eigenvalue weighted by Gasteiger charge is 2.49. The van der Waals surface area contributed by atoms with Gasteiger partial charge >= 0.3 is 0 Å². The summed E-state index contributed by atoms with van der Waals surface area (Å²) in [5, 5.41) is 17.9. The number of halogens is 1. The first-order chi connectivity index (χ1) is 12.3. The Morgan fingerprint density at radius 2 is 1.92 bits per heavy atom. The number of phenols is 1. The van der Waals surface area contributed by atoms with E-state index in [1.807, 2.05) is 18.2 Å². The van der Waals surface area contributed by atoms with Crippen molar-refractivity contribution in [3.8, 4) is 11.5 Å². The first kappa shape index (κ1) is 17.4. The smallest absolute Gasteiger partial charge is 0.167 e. The van der Waals surface area contributed by atoms with Gasteiger partial charge in [-0.3, -0.25) is 0 Å². The highest BCUT2D eigenvalue weighted by Crippen LogP contribution is 2.51. The lowest BCUT2D eigenvalue weighted by Gasteiger charge is -2.51. The highest BCUT2D eigenvalue weighted by atomic mass is 35.5. The van der Waals surface area contributed by atoms with E-state index in [4.69, 9.17) is 28.6 Å². The molecule has 2 aliphatic heterocycles. The number of phenolic OH excluding ortho intramolecular Hbond substituents is 1. The van der Waals surface area contributed by atoms with Crippen LogP contribution in [-0.2, 0) is 5.54 Å². The summed E-state index contributed by atoms with van der Waals surface area (Å²) in [6, 6.07) is 13.5. The molecule has 26 heavy (non-hydrogen) atoms. The lowest BCUT2D eigenvalue weighted by molar-refractivity contribution is 0.0870. The van der Waals surface area contributed by atoms with Gasteiger partial charge in [0.1, 0.15) is 17.6 Å². The fourth-order valence-corrected chi connectivity index (χ4v) is 4.81. The van der Waals surface area contributed by atoms with E-state index >= 15 is 0 Å². The molecular weight excluding hydrogens is 368 g/mol. The Kier molecular flexibility index (Phi) is 4.04. The Balaban J connectivity index is 1.87. The number of benzene rings is 2. The zero-order valence-corrected chi connectivity index (χ0v) is 16.2. The minimum absolute atomic E-state index is 0.0186. The van der Waals surface area contributed by atoms with Crippen LogP contribution in [0.2, 0.25) is 5.02 Å². The lowest BCUT2D eigenvalue weighted by Crippen LogP contribution is -2.65. The van der Waals surface area contributed by atoms with Gasteiger partial charge in [0.2, 0.25) is 0 Å². The minimum Gasteiger partial charge on any atom is -0.506 e. The Labute approximate surface area is 163 Å². The van der Waals surface area contributed by atoms with Gasteiger partial charge in [-0.05, 0) is 44.1 Å². The van der Waals surface area contributed by atoms with E-state index in [9.17, 15) is 5.11 Å². The summed E-state index contributed by atoms with van der Waals surface area (Å²) in [6.07, 6.45) is 1.38. The molecule has 4 rings (SSSR count). The molecule has 2 aliphatic rings. The molecule has 4 nitrogen and oxygen atoms in total. The maximum absolute atomic E-state index is 10.1. The summed E-state index contributed by atoms with van der Waals surface area (Å²) in [5.41, 5.74) is 1.43. The van der Waals surface area contributed by atoms with Crippen molar-refractivity contribution in [3.63, 3.8) is 0 Å². The molecule has 136 valence electrons. The van der Waals surface area contributed by atoms with Crippen LogP contribution in [0.1, 0.15) is 43.9 Å². The third-order valence-electron chi connectivity index (χ3n) is 5.09. The van der Waals surface area contributed by atoms with Gasteiger partial charge in [0, 0.05) is 23.6 Å². The molecule has 3 N–H and O–H groups in total. The highest BCUT2D eigenvalue weighted by molar-refractivity contribution is 7.80. The number of nitrogens with one attached hydrogen (secondary N) is 2. The number of fused-ring (bicyclic) bond motifs is 2. The van der Waals surface area contributed by atoms with E-state index in [0.29, 0.717) is 15.9 Å². The summed E-state index contributed by atoms with van der Waals surface area (Å²) in [6.45, 7) is 4.27. The maximum Gasteiger partial charge on any atom is 0.167 e. The number of aromatic hydroxyl groups is 1. The third kappa shape index (κ3) is 2.99. The molecule has 1 spiro atoms. The number of ether oxygens (including phenoxy) is 1. The van der Waals surface area contributed by atoms with E-state index in [1.165, 1.54) is 0 Å². The van der Waals surface area contributed by atoms with Gasteiger partial charge in [0.15, 0.2) is 5.11 Å². The summed E-state index contributed by atoms with van der Waals surface area (Å²) >= 11 is 11.7. The summed E-state index contributed by atoms with van der Waals surface area (Å²) in [4.78, 5) is 0. The molecule has 0 amide bonds. The molecule has 0 saturated carbocycles. The van der Waals surface area contributed by atoms with Gasteiger partial charge in [-0.25, -0.2) is 0 Å². The van der Waals surface area contributed by atoms with Crippen LogP contribution < -0.4 is 15.4 Å². The van der Waals surface area contributed by atoms with Crippen LogP contribution in [0.5, 0.6) is 11.5 Å². The molecule has 1 fully saturated rings. The topological polar surface area (TPSA) is 53.5 Å². The Hall–Kier alpha value is -1.98. The second kappa shape index (κ2) is 6.03. The minimum atomic E-state index is -0.419. The van der Waals surface area contributed by atoms with Gasteiger partial charge in [-0.15, -0.1) is 0 Å². The van der Waals surface area contributed by atoms with Gasteiger partial charge in [-0.2, -0.15) is 0 Å². The average Bonchev–Trinajstić information content (AvgIpc) is 2.55. The van der Waals surface area contributed by atoms with Crippen LogP contribution in [0.4, 0.5) is 0 Å². The molecule has 0 unspecified atom stereocenters. The van der Waals surface area contributed by atoms with Crippen molar-refractivity contribution in [2.45, 2.75) is 43.9 Å². The van der Waals surface area contributed by atoms with Crippen LogP contribution in [0, 0.1) is 0 Å². The predicted molar refractivity (Wildman–Crippen MR) is 107 cm³/mol. The molecule has 0 radical (unpaired) electrons. The van der Waals surface area contributed by atoms with Crippen molar-refractivity contribution in [2.75, 3.05) is 0 Å². The Bertz CT molecular complexity index is 872. The molecule has 2 aromatic rings. The molecular formula is C20H21ClN2O2S. The molecule has 2 aromatic carbocycles.